The molecule has 2 unspecified atom stereocenters. The Balaban J connectivity index is 1.45. The van der Waals surface area contributed by atoms with Gasteiger partial charge in [-0.2, -0.15) is 5.10 Å². The van der Waals surface area contributed by atoms with Crippen molar-refractivity contribution in [3.05, 3.63) is 36.5 Å². The van der Waals surface area contributed by atoms with Crippen LogP contribution in [0.25, 0.3) is 11.3 Å². The first kappa shape index (κ1) is 12.9. The Morgan fingerprint density at radius 3 is 2.76 bits per heavy atom. The molecule has 0 amide bonds. The molecule has 0 aliphatic carbocycles. The van der Waals surface area contributed by atoms with Crippen molar-refractivity contribution in [1.29, 1.82) is 0 Å². The second kappa shape index (κ2) is 5.53. The van der Waals surface area contributed by atoms with Crippen LogP contribution in [0.3, 0.4) is 0 Å². The molecule has 2 N–H and O–H groups in total. The summed E-state index contributed by atoms with van der Waals surface area (Å²) in [4.78, 5) is 2.67. The van der Waals surface area contributed by atoms with E-state index in [1.807, 2.05) is 6.07 Å². The molecule has 0 bridgehead atoms. The van der Waals surface area contributed by atoms with Gasteiger partial charge in [0.1, 0.15) is 0 Å². The fourth-order valence-corrected chi connectivity index (χ4v) is 3.79. The lowest BCUT2D eigenvalue weighted by atomic mass is 9.99. The molecule has 0 radical (unpaired) electrons. The minimum absolute atomic E-state index is 0.614. The maximum atomic E-state index is 4.00. The third kappa shape index (κ3) is 2.56. The Morgan fingerprint density at radius 1 is 1.05 bits per heavy atom. The van der Waals surface area contributed by atoms with Crippen molar-refractivity contribution in [2.24, 2.45) is 0 Å². The van der Waals surface area contributed by atoms with Crippen LogP contribution in [0.5, 0.6) is 0 Å². The molecule has 110 valence electrons. The molecule has 2 aliphatic rings. The second-order valence-corrected chi connectivity index (χ2v) is 6.19. The second-order valence-electron chi connectivity index (χ2n) is 6.19. The predicted molar refractivity (Wildman–Crippen MR) is 85.3 cm³/mol. The molecule has 4 nitrogen and oxygen atoms in total. The molecule has 0 saturated carbocycles. The highest BCUT2D eigenvalue weighted by molar-refractivity contribution is 5.62. The molecule has 21 heavy (non-hydrogen) atoms. The normalized spacial score (nSPS) is 25.7. The zero-order chi connectivity index (χ0) is 14.1. The Morgan fingerprint density at radius 2 is 1.95 bits per heavy atom. The van der Waals surface area contributed by atoms with Crippen LogP contribution in [0, 0.1) is 0 Å². The number of aromatic amines is 1. The van der Waals surface area contributed by atoms with Crippen LogP contribution in [0.2, 0.25) is 0 Å². The van der Waals surface area contributed by atoms with Crippen LogP contribution in [-0.4, -0.2) is 40.3 Å². The van der Waals surface area contributed by atoms with Gasteiger partial charge in [-0.1, -0.05) is 18.6 Å². The molecule has 2 atom stereocenters. The van der Waals surface area contributed by atoms with E-state index in [1.54, 1.807) is 6.20 Å². The lowest BCUT2D eigenvalue weighted by Crippen LogP contribution is -2.41. The monoisotopic (exact) mass is 282 g/mol. The van der Waals surface area contributed by atoms with Crippen LogP contribution < -0.4 is 5.32 Å². The van der Waals surface area contributed by atoms with E-state index in [0.29, 0.717) is 6.04 Å². The number of anilines is 1. The quantitative estimate of drug-likeness (QED) is 0.909. The lowest BCUT2D eigenvalue weighted by Gasteiger charge is -2.33. The number of piperidine rings is 1. The molecule has 1 aromatic carbocycles. The van der Waals surface area contributed by atoms with Crippen LogP contribution in [-0.2, 0) is 0 Å². The highest BCUT2D eigenvalue weighted by atomic mass is 15.2. The van der Waals surface area contributed by atoms with Gasteiger partial charge < -0.3 is 5.32 Å². The van der Waals surface area contributed by atoms with Gasteiger partial charge in [-0.3, -0.25) is 10.00 Å². The van der Waals surface area contributed by atoms with Gasteiger partial charge in [0.05, 0.1) is 5.69 Å². The van der Waals surface area contributed by atoms with Gasteiger partial charge in [0.25, 0.3) is 0 Å². The summed E-state index contributed by atoms with van der Waals surface area (Å²) in [5.41, 5.74) is 3.49. The predicted octanol–water partition coefficient (Wildman–Crippen LogP) is 3.12. The summed E-state index contributed by atoms with van der Waals surface area (Å²) in [6, 6.07) is 12.0. The van der Waals surface area contributed by atoms with E-state index in [0.717, 1.165) is 11.7 Å². The van der Waals surface area contributed by atoms with E-state index >= 15 is 0 Å². The van der Waals surface area contributed by atoms with Crippen LogP contribution >= 0.6 is 0 Å². The molecule has 2 fully saturated rings. The van der Waals surface area contributed by atoms with E-state index < -0.39 is 0 Å². The fourth-order valence-electron chi connectivity index (χ4n) is 3.79. The molecule has 2 aromatic rings. The topological polar surface area (TPSA) is 44.0 Å². The molecular weight excluding hydrogens is 260 g/mol. The van der Waals surface area contributed by atoms with Crippen LogP contribution in [0.4, 0.5) is 5.69 Å². The molecule has 2 saturated heterocycles. The summed E-state index contributed by atoms with van der Waals surface area (Å²) in [5.74, 6) is 0. The van der Waals surface area contributed by atoms with E-state index in [2.05, 4.69) is 44.7 Å². The number of aromatic nitrogens is 2. The van der Waals surface area contributed by atoms with Gasteiger partial charge in [0, 0.05) is 30.5 Å². The van der Waals surface area contributed by atoms with Gasteiger partial charge in [0.15, 0.2) is 0 Å². The Kier molecular flexibility index (Phi) is 3.39. The molecule has 0 spiro atoms. The molecular formula is C17H22N4. The minimum atomic E-state index is 0.614. The van der Waals surface area contributed by atoms with Crippen LogP contribution in [0.1, 0.15) is 25.7 Å². The van der Waals surface area contributed by atoms with E-state index in [9.17, 15) is 0 Å². The number of rotatable bonds is 3. The molecule has 1 aromatic heterocycles. The van der Waals surface area contributed by atoms with Crippen molar-refractivity contribution >= 4 is 5.69 Å². The van der Waals surface area contributed by atoms with Crippen molar-refractivity contribution in [1.82, 2.24) is 15.1 Å². The average Bonchev–Trinajstić information content (AvgIpc) is 3.19. The van der Waals surface area contributed by atoms with E-state index in [4.69, 9.17) is 0 Å². The number of fused-ring (bicyclic) bond motifs is 1. The highest BCUT2D eigenvalue weighted by Crippen LogP contribution is 2.29. The summed E-state index contributed by atoms with van der Waals surface area (Å²) in [5, 5.41) is 10.8. The molecule has 4 rings (SSSR count). The molecule has 2 aliphatic heterocycles. The van der Waals surface area contributed by atoms with Gasteiger partial charge in [-0.05, 0) is 49.6 Å². The standard InChI is InChI=1S/C17H22N4/c1-2-11-21-12-9-16(17(21)3-1)19-14-6-4-13(5-7-14)15-8-10-18-20-15/h4-8,10,16-17,19H,1-3,9,11-12H2,(H,18,20). The van der Waals surface area contributed by atoms with Gasteiger partial charge in [0.2, 0.25) is 0 Å². The van der Waals surface area contributed by atoms with Crippen LogP contribution in [0.15, 0.2) is 36.5 Å². The molecule has 3 heterocycles. The zero-order valence-electron chi connectivity index (χ0n) is 12.3. The maximum Gasteiger partial charge on any atom is 0.0650 e. The average molecular weight is 282 g/mol. The Hall–Kier alpha value is -1.81. The Bertz CT molecular complexity index is 575. The van der Waals surface area contributed by atoms with Crippen molar-refractivity contribution in [3.63, 3.8) is 0 Å². The van der Waals surface area contributed by atoms with Crippen molar-refractivity contribution < 1.29 is 0 Å². The maximum absolute atomic E-state index is 4.00. The number of nitrogens with zero attached hydrogens (tertiary/aromatic N) is 2. The summed E-state index contributed by atoms with van der Waals surface area (Å²) in [6.07, 6.45) is 7.18. The zero-order valence-corrected chi connectivity index (χ0v) is 12.3. The largest absolute Gasteiger partial charge is 0.381 e. The SMILES string of the molecule is c1cc(-c2ccc(NC3CCN4CCCCC34)cc2)[nH]n1. The van der Waals surface area contributed by atoms with E-state index in [-0.39, 0.29) is 0 Å². The molecule has 4 heteroatoms. The highest BCUT2D eigenvalue weighted by Gasteiger charge is 2.35. The summed E-state index contributed by atoms with van der Waals surface area (Å²) in [6.45, 7) is 2.55. The van der Waals surface area contributed by atoms with Crippen molar-refractivity contribution in [2.75, 3.05) is 18.4 Å². The van der Waals surface area contributed by atoms with Gasteiger partial charge in [-0.15, -0.1) is 0 Å². The summed E-state index contributed by atoms with van der Waals surface area (Å²) < 4.78 is 0. The summed E-state index contributed by atoms with van der Waals surface area (Å²) in [7, 11) is 0. The number of nitrogens with one attached hydrogen (secondary N) is 2. The number of benzene rings is 1. The van der Waals surface area contributed by atoms with Gasteiger partial charge >= 0.3 is 0 Å². The third-order valence-corrected chi connectivity index (χ3v) is 4.90. The number of H-pyrrole nitrogens is 1. The van der Waals surface area contributed by atoms with Crippen molar-refractivity contribution in [2.45, 2.75) is 37.8 Å². The fraction of sp³-hybridized carbons (Fsp3) is 0.471. The van der Waals surface area contributed by atoms with Gasteiger partial charge in [-0.25, -0.2) is 0 Å². The minimum Gasteiger partial charge on any atom is -0.381 e. The number of hydrogen-bond donors (Lipinski definition) is 2. The van der Waals surface area contributed by atoms with E-state index in [1.165, 1.54) is 50.0 Å². The lowest BCUT2D eigenvalue weighted by molar-refractivity contribution is 0.193. The Labute approximate surface area is 125 Å². The first-order valence-electron chi connectivity index (χ1n) is 8.00. The number of hydrogen-bond acceptors (Lipinski definition) is 3. The van der Waals surface area contributed by atoms with Crippen molar-refractivity contribution in [3.8, 4) is 11.3 Å². The smallest absolute Gasteiger partial charge is 0.0650 e. The first-order chi connectivity index (χ1) is 10.4. The first-order valence-corrected chi connectivity index (χ1v) is 8.00. The summed E-state index contributed by atoms with van der Waals surface area (Å²) >= 11 is 0. The third-order valence-electron chi connectivity index (χ3n) is 4.90.